The first kappa shape index (κ1) is 19.8. The number of aryl methyl sites for hydroxylation is 1. The zero-order chi connectivity index (χ0) is 20.2. The fourth-order valence-corrected chi connectivity index (χ4v) is 5.10. The summed E-state index contributed by atoms with van der Waals surface area (Å²) in [6, 6.07) is 14.1. The van der Waals surface area contributed by atoms with Crippen LogP contribution in [0, 0.1) is 6.92 Å². The minimum Gasteiger partial charge on any atom is -0.342 e. The van der Waals surface area contributed by atoms with E-state index in [0.717, 1.165) is 36.6 Å². The summed E-state index contributed by atoms with van der Waals surface area (Å²) >= 11 is 2.93. The summed E-state index contributed by atoms with van der Waals surface area (Å²) in [5, 5.41) is 6.07. The average molecular weight is 427 g/mol. The highest BCUT2D eigenvalue weighted by molar-refractivity contribution is 7.16. The Morgan fingerprint density at radius 3 is 2.72 bits per heavy atom. The lowest BCUT2D eigenvalue weighted by molar-refractivity contribution is -0.115. The lowest BCUT2D eigenvalue weighted by Gasteiger charge is -2.25. The van der Waals surface area contributed by atoms with E-state index in [4.69, 9.17) is 0 Å². The molecule has 2 amide bonds. The molecule has 1 aromatic carbocycles. The topological polar surface area (TPSA) is 74.3 Å². The molecular formula is C21H22N4O2S2. The number of rotatable bonds is 6. The Morgan fingerprint density at radius 1 is 1.14 bits per heavy atom. The summed E-state index contributed by atoms with van der Waals surface area (Å²) in [6.07, 6.45) is 0.878. The fourth-order valence-electron chi connectivity index (χ4n) is 3.25. The zero-order valence-electron chi connectivity index (χ0n) is 16.1. The van der Waals surface area contributed by atoms with Crippen LogP contribution in [-0.4, -0.2) is 34.8 Å². The third kappa shape index (κ3) is 5.09. The van der Waals surface area contributed by atoms with E-state index in [1.165, 1.54) is 33.1 Å². The van der Waals surface area contributed by atoms with E-state index in [1.807, 2.05) is 19.1 Å². The van der Waals surface area contributed by atoms with Crippen molar-refractivity contribution in [3.8, 4) is 0 Å². The quantitative estimate of drug-likeness (QED) is 0.633. The van der Waals surface area contributed by atoms with Gasteiger partial charge in [-0.05, 0) is 24.6 Å². The second kappa shape index (κ2) is 8.86. The van der Waals surface area contributed by atoms with Crippen LogP contribution in [0.15, 0.2) is 42.5 Å². The first-order valence-corrected chi connectivity index (χ1v) is 11.1. The summed E-state index contributed by atoms with van der Waals surface area (Å²) in [7, 11) is 0. The largest absolute Gasteiger partial charge is 0.342 e. The van der Waals surface area contributed by atoms with Crippen LogP contribution in [0.5, 0.6) is 0 Å². The predicted molar refractivity (Wildman–Crippen MR) is 116 cm³/mol. The van der Waals surface area contributed by atoms with Crippen LogP contribution in [0.2, 0.25) is 0 Å². The number of nitrogens with zero attached hydrogens (tertiary/aromatic N) is 2. The number of thiophene rings is 1. The van der Waals surface area contributed by atoms with Gasteiger partial charge in [0.25, 0.3) is 5.91 Å². The average Bonchev–Trinajstić information content (AvgIpc) is 3.32. The van der Waals surface area contributed by atoms with Crippen LogP contribution in [-0.2, 0) is 24.3 Å². The van der Waals surface area contributed by atoms with E-state index in [2.05, 4.69) is 44.8 Å². The van der Waals surface area contributed by atoms with Crippen LogP contribution < -0.4 is 10.6 Å². The molecule has 150 valence electrons. The highest BCUT2D eigenvalue weighted by Crippen LogP contribution is 2.29. The SMILES string of the molecule is Cc1ccc(C(=O)NCC(=O)Nc2nc3c(s2)CN(Cc2ccccc2)CC3)s1. The third-order valence-electron chi connectivity index (χ3n) is 4.68. The summed E-state index contributed by atoms with van der Waals surface area (Å²) in [4.78, 5) is 34.1. The van der Waals surface area contributed by atoms with Crippen LogP contribution in [0.25, 0.3) is 0 Å². The Kier molecular flexibility index (Phi) is 6.03. The molecule has 0 unspecified atom stereocenters. The molecule has 0 atom stereocenters. The molecule has 0 aliphatic carbocycles. The van der Waals surface area contributed by atoms with Gasteiger partial charge in [-0.1, -0.05) is 30.3 Å². The highest BCUT2D eigenvalue weighted by Gasteiger charge is 2.21. The van der Waals surface area contributed by atoms with Gasteiger partial charge in [-0.25, -0.2) is 4.98 Å². The Bertz CT molecular complexity index is 1010. The third-order valence-corrected chi connectivity index (χ3v) is 6.68. The van der Waals surface area contributed by atoms with Gasteiger partial charge in [-0.3, -0.25) is 14.5 Å². The molecule has 2 aromatic heterocycles. The molecule has 1 aliphatic heterocycles. The summed E-state index contributed by atoms with van der Waals surface area (Å²) in [5.74, 6) is -0.493. The van der Waals surface area contributed by atoms with Crippen LogP contribution in [0.1, 0.15) is 30.7 Å². The van der Waals surface area contributed by atoms with Crippen LogP contribution in [0.4, 0.5) is 5.13 Å². The molecule has 3 aromatic rings. The summed E-state index contributed by atoms with van der Waals surface area (Å²) in [5.41, 5.74) is 2.36. The molecule has 1 aliphatic rings. The van der Waals surface area contributed by atoms with Gasteiger partial charge in [0.05, 0.1) is 17.1 Å². The van der Waals surface area contributed by atoms with Gasteiger partial charge in [0, 0.05) is 35.8 Å². The van der Waals surface area contributed by atoms with E-state index in [0.29, 0.717) is 10.0 Å². The van der Waals surface area contributed by atoms with Crippen molar-refractivity contribution in [2.24, 2.45) is 0 Å². The van der Waals surface area contributed by atoms with Crippen LogP contribution >= 0.6 is 22.7 Å². The molecule has 29 heavy (non-hydrogen) atoms. The fraction of sp³-hybridized carbons (Fsp3) is 0.286. The molecule has 0 bridgehead atoms. The maximum absolute atomic E-state index is 12.2. The number of hydrogen-bond acceptors (Lipinski definition) is 6. The molecule has 2 N–H and O–H groups in total. The maximum Gasteiger partial charge on any atom is 0.261 e. The van der Waals surface area contributed by atoms with Crippen LogP contribution in [0.3, 0.4) is 0 Å². The normalized spacial score (nSPS) is 13.7. The Hall–Kier alpha value is -2.55. The standard InChI is InChI=1S/C21H22N4O2S2/c1-14-7-8-17(28-14)20(27)22-11-19(26)24-21-23-16-9-10-25(13-18(16)29-21)12-15-5-3-2-4-6-15/h2-8H,9-13H2,1H3,(H,22,27)(H,23,24,26). The Morgan fingerprint density at radius 2 is 1.97 bits per heavy atom. The van der Waals surface area contributed by atoms with Crippen molar-refractivity contribution < 1.29 is 9.59 Å². The predicted octanol–water partition coefficient (Wildman–Crippen LogP) is 3.44. The second-order valence-electron chi connectivity index (χ2n) is 6.98. The lowest BCUT2D eigenvalue weighted by atomic mass is 10.1. The summed E-state index contributed by atoms with van der Waals surface area (Å²) in [6.45, 7) is 4.58. The van der Waals surface area contributed by atoms with E-state index in [-0.39, 0.29) is 18.4 Å². The molecule has 0 fully saturated rings. The molecule has 4 rings (SSSR count). The van der Waals surface area contributed by atoms with Crippen molar-refractivity contribution in [3.05, 3.63) is 68.4 Å². The number of fused-ring (bicyclic) bond motifs is 1. The maximum atomic E-state index is 12.2. The number of anilines is 1. The van der Waals surface area contributed by atoms with Crippen molar-refractivity contribution in [2.45, 2.75) is 26.4 Å². The summed E-state index contributed by atoms with van der Waals surface area (Å²) < 4.78 is 0. The van der Waals surface area contributed by atoms with Gasteiger partial charge >= 0.3 is 0 Å². The van der Waals surface area contributed by atoms with Gasteiger partial charge < -0.3 is 10.6 Å². The Balaban J connectivity index is 1.29. The number of hydrogen-bond donors (Lipinski definition) is 2. The lowest BCUT2D eigenvalue weighted by Crippen LogP contribution is -2.32. The number of carbonyl (C=O) groups excluding carboxylic acids is 2. The smallest absolute Gasteiger partial charge is 0.261 e. The number of nitrogens with one attached hydrogen (secondary N) is 2. The van der Waals surface area contributed by atoms with Crippen molar-refractivity contribution in [3.63, 3.8) is 0 Å². The van der Waals surface area contributed by atoms with Crippen molar-refractivity contribution in [2.75, 3.05) is 18.4 Å². The van der Waals surface area contributed by atoms with Crippen molar-refractivity contribution in [1.29, 1.82) is 0 Å². The number of carbonyl (C=O) groups is 2. The minimum atomic E-state index is -0.265. The molecule has 0 saturated heterocycles. The highest BCUT2D eigenvalue weighted by atomic mass is 32.1. The van der Waals surface area contributed by atoms with E-state index < -0.39 is 0 Å². The number of amides is 2. The number of thiazole rings is 1. The molecule has 0 radical (unpaired) electrons. The van der Waals surface area contributed by atoms with Crippen molar-refractivity contribution >= 4 is 39.6 Å². The first-order valence-electron chi connectivity index (χ1n) is 9.46. The molecular weight excluding hydrogens is 404 g/mol. The van der Waals surface area contributed by atoms with Gasteiger partial charge in [0.1, 0.15) is 0 Å². The van der Waals surface area contributed by atoms with E-state index >= 15 is 0 Å². The van der Waals surface area contributed by atoms with Gasteiger partial charge in [-0.15, -0.1) is 22.7 Å². The minimum absolute atomic E-state index is 0.0693. The second-order valence-corrected chi connectivity index (χ2v) is 9.35. The molecule has 3 heterocycles. The molecule has 6 nitrogen and oxygen atoms in total. The first-order chi connectivity index (χ1) is 14.1. The van der Waals surface area contributed by atoms with Gasteiger partial charge in [0.2, 0.25) is 5.91 Å². The van der Waals surface area contributed by atoms with E-state index in [9.17, 15) is 9.59 Å². The number of aromatic nitrogens is 1. The van der Waals surface area contributed by atoms with Crippen molar-refractivity contribution in [1.82, 2.24) is 15.2 Å². The number of benzene rings is 1. The molecule has 0 spiro atoms. The van der Waals surface area contributed by atoms with Gasteiger partial charge in [-0.2, -0.15) is 0 Å². The molecule has 8 heteroatoms. The zero-order valence-corrected chi connectivity index (χ0v) is 17.7. The monoisotopic (exact) mass is 426 g/mol. The Labute approximate surface area is 177 Å². The van der Waals surface area contributed by atoms with E-state index in [1.54, 1.807) is 6.07 Å². The molecule has 0 saturated carbocycles. The van der Waals surface area contributed by atoms with Gasteiger partial charge in [0.15, 0.2) is 5.13 Å².